The highest BCUT2D eigenvalue weighted by Gasteiger charge is 2.24. The van der Waals surface area contributed by atoms with Crippen molar-refractivity contribution in [3.8, 4) is 0 Å². The lowest BCUT2D eigenvalue weighted by Gasteiger charge is -2.28. The van der Waals surface area contributed by atoms with E-state index in [1.54, 1.807) is 36.4 Å². The first-order valence-electron chi connectivity index (χ1n) is 14.4. The van der Waals surface area contributed by atoms with Crippen LogP contribution in [0, 0.1) is 0 Å². The molecule has 7 nitrogen and oxygen atoms in total. The lowest BCUT2D eigenvalue weighted by atomic mass is 9.93. The number of carbonyl (C=O) groups is 2. The van der Waals surface area contributed by atoms with Crippen LogP contribution in [0.3, 0.4) is 0 Å². The van der Waals surface area contributed by atoms with Gasteiger partial charge in [-0.05, 0) is 92.5 Å². The molecule has 216 valence electrons. The molecule has 0 bridgehead atoms. The number of allylic oxidation sites excluding steroid dienone is 1. The Morgan fingerprint density at radius 2 is 1.68 bits per heavy atom. The maximum Gasteiger partial charge on any atom is 0.338 e. The first-order valence-corrected chi connectivity index (χ1v) is 14.4. The highest BCUT2D eigenvalue weighted by atomic mass is 16.5. The van der Waals surface area contributed by atoms with E-state index in [1.165, 1.54) is 6.08 Å². The molecule has 0 radical (unpaired) electrons. The smallest absolute Gasteiger partial charge is 0.338 e. The summed E-state index contributed by atoms with van der Waals surface area (Å²) in [6, 6.07) is 12.5. The van der Waals surface area contributed by atoms with E-state index in [2.05, 4.69) is 13.5 Å². The molecule has 0 aromatic heterocycles. The van der Waals surface area contributed by atoms with E-state index in [0.717, 1.165) is 75.5 Å². The van der Waals surface area contributed by atoms with Crippen molar-refractivity contribution in [1.29, 1.82) is 0 Å². The van der Waals surface area contributed by atoms with E-state index in [1.807, 2.05) is 18.2 Å². The topological polar surface area (TPSA) is 114 Å². The minimum absolute atomic E-state index is 0.0262. The quantitative estimate of drug-likeness (QED) is 0.0824. The van der Waals surface area contributed by atoms with Crippen LogP contribution in [-0.2, 0) is 19.0 Å². The zero-order valence-corrected chi connectivity index (χ0v) is 23.7. The summed E-state index contributed by atoms with van der Waals surface area (Å²) in [5.41, 5.74) is 15.4. The summed E-state index contributed by atoms with van der Waals surface area (Å²) in [5.74, 6) is -0.731. The van der Waals surface area contributed by atoms with Crippen LogP contribution < -0.4 is 11.5 Å². The monoisotopic (exact) mass is 548 g/mol. The number of rotatable bonds is 15. The predicted molar refractivity (Wildman–Crippen MR) is 161 cm³/mol. The van der Waals surface area contributed by atoms with Crippen molar-refractivity contribution in [2.24, 2.45) is 0 Å². The molecule has 1 aliphatic rings. The van der Waals surface area contributed by atoms with Crippen LogP contribution in [-0.4, -0.2) is 37.4 Å². The lowest BCUT2D eigenvalue weighted by Crippen LogP contribution is -2.28. The van der Waals surface area contributed by atoms with Gasteiger partial charge in [-0.2, -0.15) is 0 Å². The normalized spacial score (nSPS) is 17.8. The van der Waals surface area contributed by atoms with Gasteiger partial charge in [-0.3, -0.25) is 0 Å². The van der Waals surface area contributed by atoms with Gasteiger partial charge in [-0.1, -0.05) is 38.0 Å². The zero-order chi connectivity index (χ0) is 28.7. The van der Waals surface area contributed by atoms with E-state index in [9.17, 15) is 9.59 Å². The second-order valence-electron chi connectivity index (χ2n) is 10.5. The fraction of sp³-hybridized carbons (Fsp3) is 0.455. The van der Waals surface area contributed by atoms with Gasteiger partial charge in [-0.15, -0.1) is 6.58 Å². The molecular formula is C33H44N2O5. The van der Waals surface area contributed by atoms with Crippen molar-refractivity contribution in [3.05, 3.63) is 77.9 Å². The molecule has 0 spiro atoms. The molecule has 7 heteroatoms. The summed E-state index contributed by atoms with van der Waals surface area (Å²) in [7, 11) is 0. The Labute approximate surface area is 238 Å². The number of hydrogen-bond donors (Lipinski definition) is 2. The van der Waals surface area contributed by atoms with Crippen LogP contribution >= 0.6 is 0 Å². The average molecular weight is 549 g/mol. The number of esters is 2. The molecule has 0 amide bonds. The number of hydrogen-bond acceptors (Lipinski definition) is 7. The number of unbranched alkanes of at least 4 members (excludes halogenated alkanes) is 2. The lowest BCUT2D eigenvalue weighted by molar-refractivity contribution is -0.138. The minimum atomic E-state index is -0.429. The van der Waals surface area contributed by atoms with Crippen molar-refractivity contribution in [2.75, 3.05) is 24.7 Å². The molecule has 3 rings (SSSR count). The Hall–Kier alpha value is -3.58. The second-order valence-corrected chi connectivity index (χ2v) is 10.5. The third kappa shape index (κ3) is 10.5. The summed E-state index contributed by atoms with van der Waals surface area (Å²) in [4.78, 5) is 25.0. The van der Waals surface area contributed by atoms with Gasteiger partial charge in [0.05, 0.1) is 18.3 Å². The fourth-order valence-electron chi connectivity index (χ4n) is 4.87. The largest absolute Gasteiger partial charge is 0.462 e. The van der Waals surface area contributed by atoms with Gasteiger partial charge in [0.15, 0.2) is 0 Å². The Balaban J connectivity index is 1.44. The van der Waals surface area contributed by atoms with Crippen molar-refractivity contribution in [3.63, 3.8) is 0 Å². The summed E-state index contributed by atoms with van der Waals surface area (Å²) >= 11 is 0. The first-order chi connectivity index (χ1) is 19.4. The van der Waals surface area contributed by atoms with Crippen LogP contribution in [0.2, 0.25) is 0 Å². The predicted octanol–water partition coefficient (Wildman–Crippen LogP) is 6.83. The van der Waals surface area contributed by atoms with Gasteiger partial charge in [0.25, 0.3) is 0 Å². The van der Waals surface area contributed by atoms with Crippen molar-refractivity contribution < 1.29 is 23.8 Å². The number of ether oxygens (including phenoxy) is 3. The third-order valence-electron chi connectivity index (χ3n) is 7.16. The number of nitrogens with two attached hydrogens (primary N) is 2. The maximum absolute atomic E-state index is 12.6. The van der Waals surface area contributed by atoms with Crippen molar-refractivity contribution in [2.45, 2.75) is 82.8 Å². The maximum atomic E-state index is 12.6. The van der Waals surface area contributed by atoms with Gasteiger partial charge in [0.1, 0.15) is 6.10 Å². The van der Waals surface area contributed by atoms with Crippen LogP contribution in [0.15, 0.2) is 61.2 Å². The van der Waals surface area contributed by atoms with E-state index >= 15 is 0 Å². The van der Waals surface area contributed by atoms with Gasteiger partial charge in [-0.25, -0.2) is 9.59 Å². The number of carbonyl (C=O) groups excluding carboxylic acids is 2. The molecule has 0 aliphatic heterocycles. The van der Waals surface area contributed by atoms with E-state index in [-0.39, 0.29) is 30.7 Å². The molecule has 0 saturated heterocycles. The number of nitrogen functional groups attached to an aromatic ring is 2. The molecule has 0 heterocycles. The third-order valence-corrected chi connectivity index (χ3v) is 7.16. The highest BCUT2D eigenvalue weighted by molar-refractivity contribution is 5.90. The molecule has 2 aromatic rings. The number of benzene rings is 2. The molecule has 4 N–H and O–H groups in total. The van der Waals surface area contributed by atoms with E-state index in [4.69, 9.17) is 25.7 Å². The Morgan fingerprint density at radius 1 is 1.00 bits per heavy atom. The summed E-state index contributed by atoms with van der Waals surface area (Å²) in [5, 5.41) is 0. The molecule has 1 unspecified atom stereocenters. The van der Waals surface area contributed by atoms with Crippen LogP contribution in [0.1, 0.15) is 92.1 Å². The summed E-state index contributed by atoms with van der Waals surface area (Å²) in [6.45, 7) is 6.85. The zero-order valence-electron chi connectivity index (χ0n) is 23.7. The van der Waals surface area contributed by atoms with Crippen LogP contribution in [0.4, 0.5) is 11.4 Å². The SMILES string of the molecule is C=CCCCOC1CCC(OC(=O)c2ccc(C=CC(=O)OCC(CCCC)c3cc(N)cc(N)c3)cc2)CC1. The molecule has 1 saturated carbocycles. The average Bonchev–Trinajstić information content (AvgIpc) is 2.95. The second kappa shape index (κ2) is 16.5. The van der Waals surface area contributed by atoms with Crippen LogP contribution in [0.5, 0.6) is 0 Å². The molecule has 1 aliphatic carbocycles. The van der Waals surface area contributed by atoms with Gasteiger partial charge >= 0.3 is 11.9 Å². The Kier molecular flexibility index (Phi) is 12.8. The highest BCUT2D eigenvalue weighted by Crippen LogP contribution is 2.27. The number of anilines is 2. The molecule has 40 heavy (non-hydrogen) atoms. The molecule has 1 atom stereocenters. The molecule has 2 aromatic carbocycles. The van der Waals surface area contributed by atoms with Crippen molar-refractivity contribution in [1.82, 2.24) is 0 Å². The van der Waals surface area contributed by atoms with E-state index in [0.29, 0.717) is 16.9 Å². The Bertz CT molecular complexity index is 1100. The molecular weight excluding hydrogens is 504 g/mol. The summed E-state index contributed by atoms with van der Waals surface area (Å²) in [6.07, 6.45) is 13.4. The van der Waals surface area contributed by atoms with Gasteiger partial charge in [0, 0.05) is 30.0 Å². The minimum Gasteiger partial charge on any atom is -0.462 e. The fourth-order valence-corrected chi connectivity index (χ4v) is 4.87. The van der Waals surface area contributed by atoms with Gasteiger partial charge < -0.3 is 25.7 Å². The van der Waals surface area contributed by atoms with Crippen molar-refractivity contribution >= 4 is 29.4 Å². The Morgan fingerprint density at radius 3 is 2.33 bits per heavy atom. The summed E-state index contributed by atoms with van der Waals surface area (Å²) < 4.78 is 17.2. The van der Waals surface area contributed by atoms with Gasteiger partial charge in [0.2, 0.25) is 0 Å². The van der Waals surface area contributed by atoms with Crippen LogP contribution in [0.25, 0.3) is 6.08 Å². The standard InChI is InChI=1S/C33H44N2O5/c1-3-5-7-19-38-30-14-16-31(17-15-30)40-33(37)25-12-9-24(10-13-25)11-18-32(36)39-23-26(8-6-4-2)27-20-28(34)22-29(35)21-27/h3,9-13,18,20-22,26,30-31H,1,4-8,14-17,19,23,34-35H2,2H3. The first kappa shape index (κ1) is 31.0. The van der Waals surface area contributed by atoms with E-state index < -0.39 is 5.97 Å². The molecule has 1 fully saturated rings.